The van der Waals surface area contributed by atoms with Gasteiger partial charge in [-0.2, -0.15) is 4.57 Å². The van der Waals surface area contributed by atoms with Crippen molar-refractivity contribution in [1.82, 2.24) is 0 Å². The Morgan fingerprint density at radius 3 is 2.93 bits per heavy atom. The Kier molecular flexibility index (Phi) is 2.94. The molecule has 0 spiro atoms. The highest BCUT2D eigenvalue weighted by Crippen LogP contribution is 2.25. The van der Waals surface area contributed by atoms with Crippen LogP contribution in [-0.4, -0.2) is 0 Å². The van der Waals surface area contributed by atoms with Crippen molar-refractivity contribution < 1.29 is 21.5 Å². The van der Waals surface area contributed by atoms with E-state index in [-0.39, 0.29) is 17.0 Å². The van der Waals surface area contributed by atoms with Gasteiger partial charge in [-0.1, -0.05) is 29.0 Å². The van der Waals surface area contributed by atoms with E-state index in [2.05, 4.69) is 41.8 Å². The molecule has 1 aliphatic heterocycles. The molecule has 0 aliphatic carbocycles. The summed E-state index contributed by atoms with van der Waals surface area (Å²) in [7, 11) is 0. The lowest BCUT2D eigenvalue weighted by molar-refractivity contribution is -0.669. The highest BCUT2D eigenvalue weighted by Gasteiger charge is 2.21. The first-order chi connectivity index (χ1) is 6.84. The summed E-state index contributed by atoms with van der Waals surface area (Å²) in [5.41, 5.74) is 2.88. The predicted octanol–water partition coefficient (Wildman–Crippen LogP) is -0.000200. The van der Waals surface area contributed by atoms with E-state index in [4.69, 9.17) is 0 Å². The van der Waals surface area contributed by atoms with E-state index >= 15 is 0 Å². The number of para-hydroxylation sites is 1. The smallest absolute Gasteiger partial charge is 0.262 e. The van der Waals surface area contributed by atoms with Crippen LogP contribution in [0.25, 0.3) is 16.3 Å². The quantitative estimate of drug-likeness (QED) is 0.599. The van der Waals surface area contributed by atoms with Crippen molar-refractivity contribution in [2.45, 2.75) is 19.9 Å². The molecule has 0 saturated heterocycles. The maximum absolute atomic E-state index is 2.42. The van der Waals surface area contributed by atoms with Crippen molar-refractivity contribution in [1.29, 1.82) is 0 Å². The minimum Gasteiger partial charge on any atom is -1.00 e. The van der Waals surface area contributed by atoms with Crippen LogP contribution in [0.1, 0.15) is 18.4 Å². The molecular weight excluding hydrogens is 270 g/mol. The van der Waals surface area contributed by atoms with Gasteiger partial charge in [0.1, 0.15) is 4.70 Å². The Morgan fingerprint density at radius 2 is 2.07 bits per heavy atom. The van der Waals surface area contributed by atoms with Crippen LogP contribution in [0.4, 0.5) is 0 Å². The molecule has 0 N–H and O–H groups in total. The number of fused-ring (bicyclic) bond motifs is 3. The van der Waals surface area contributed by atoms with Crippen LogP contribution in [0.15, 0.2) is 29.8 Å². The van der Waals surface area contributed by atoms with Gasteiger partial charge in [-0.3, -0.25) is 0 Å². The number of thiazole rings is 1. The van der Waals surface area contributed by atoms with Crippen molar-refractivity contribution in [3.8, 4) is 0 Å². The molecule has 2 heterocycles. The third kappa shape index (κ3) is 1.74. The lowest BCUT2D eigenvalue weighted by atomic mass is 10.1. The number of benzene rings is 1. The Morgan fingerprint density at radius 1 is 1.27 bits per heavy atom. The van der Waals surface area contributed by atoms with E-state index in [1.54, 1.807) is 0 Å². The SMILES string of the molecule is CC1=Cc2sc3ccccc3[n+]2CC1.[Br-]. The van der Waals surface area contributed by atoms with Gasteiger partial charge in [0.05, 0.1) is 0 Å². The molecule has 1 nitrogen and oxygen atoms in total. The van der Waals surface area contributed by atoms with Gasteiger partial charge in [0.2, 0.25) is 5.52 Å². The lowest BCUT2D eigenvalue weighted by Crippen LogP contribution is -3.00. The van der Waals surface area contributed by atoms with Crippen molar-refractivity contribution in [3.05, 3.63) is 34.8 Å². The second-order valence-electron chi connectivity index (χ2n) is 3.80. The van der Waals surface area contributed by atoms with Crippen LogP contribution in [0.3, 0.4) is 0 Å². The van der Waals surface area contributed by atoms with Crippen molar-refractivity contribution >= 4 is 27.6 Å². The first-order valence-electron chi connectivity index (χ1n) is 4.93. The molecule has 78 valence electrons. The van der Waals surface area contributed by atoms with Gasteiger partial charge >= 0.3 is 0 Å². The first kappa shape index (κ1) is 10.8. The molecule has 0 unspecified atom stereocenters. The summed E-state index contributed by atoms with van der Waals surface area (Å²) < 4.78 is 3.82. The van der Waals surface area contributed by atoms with Gasteiger partial charge in [0.15, 0.2) is 6.54 Å². The minimum absolute atomic E-state index is 0. The third-order valence-electron chi connectivity index (χ3n) is 2.74. The molecule has 15 heavy (non-hydrogen) atoms. The Hall–Kier alpha value is -0.670. The van der Waals surface area contributed by atoms with Crippen LogP contribution in [0.5, 0.6) is 0 Å². The highest BCUT2D eigenvalue weighted by atomic mass is 79.9. The normalized spacial score (nSPS) is 14.3. The molecule has 0 atom stereocenters. The second-order valence-corrected chi connectivity index (χ2v) is 4.86. The predicted molar refractivity (Wildman–Crippen MR) is 60.3 cm³/mol. The monoisotopic (exact) mass is 281 g/mol. The summed E-state index contributed by atoms with van der Waals surface area (Å²) in [4.78, 5) is 0. The highest BCUT2D eigenvalue weighted by molar-refractivity contribution is 7.18. The average Bonchev–Trinajstić information content (AvgIpc) is 2.54. The number of rotatable bonds is 0. The van der Waals surface area contributed by atoms with Gasteiger partial charge in [-0.25, -0.2) is 0 Å². The first-order valence-corrected chi connectivity index (χ1v) is 5.75. The fourth-order valence-corrected chi connectivity index (χ4v) is 3.18. The summed E-state index contributed by atoms with van der Waals surface area (Å²) in [6, 6.07) is 8.65. The molecular formula is C12H12BrNS. The van der Waals surface area contributed by atoms with Gasteiger partial charge in [0.25, 0.3) is 5.01 Å². The molecule has 1 aromatic carbocycles. The zero-order chi connectivity index (χ0) is 9.54. The summed E-state index contributed by atoms with van der Waals surface area (Å²) >= 11 is 1.89. The molecule has 2 aromatic rings. The van der Waals surface area contributed by atoms with Gasteiger partial charge in [0, 0.05) is 18.6 Å². The average molecular weight is 282 g/mol. The fourth-order valence-electron chi connectivity index (χ4n) is 1.96. The number of aromatic nitrogens is 1. The number of aryl methyl sites for hydroxylation is 1. The number of hydrogen-bond acceptors (Lipinski definition) is 1. The van der Waals surface area contributed by atoms with Crippen molar-refractivity contribution in [3.63, 3.8) is 0 Å². The summed E-state index contributed by atoms with van der Waals surface area (Å²) in [6.45, 7) is 3.36. The zero-order valence-corrected chi connectivity index (χ0v) is 10.9. The Labute approximate surface area is 104 Å². The number of allylic oxidation sites excluding steroid dienone is 1. The molecule has 1 aliphatic rings. The van der Waals surface area contributed by atoms with E-state index < -0.39 is 0 Å². The maximum Gasteiger partial charge on any atom is 0.262 e. The van der Waals surface area contributed by atoms with Crippen LogP contribution in [0, 0.1) is 0 Å². The molecule has 0 saturated carbocycles. The number of nitrogens with zero attached hydrogens (tertiary/aromatic N) is 1. The number of halogens is 1. The van der Waals surface area contributed by atoms with E-state index in [1.807, 2.05) is 11.3 Å². The van der Waals surface area contributed by atoms with Crippen LogP contribution in [-0.2, 0) is 6.54 Å². The topological polar surface area (TPSA) is 3.88 Å². The lowest BCUT2D eigenvalue weighted by Gasteiger charge is -2.03. The van der Waals surface area contributed by atoms with Crippen LogP contribution in [0.2, 0.25) is 0 Å². The Bertz CT molecular complexity index is 527. The molecule has 3 rings (SSSR count). The standard InChI is InChI=1S/C12H12NS.BrH/c1-9-6-7-13-10-4-2-3-5-11(10)14-12(13)8-9;/h2-5,8H,6-7H2,1H3;1H/q+1;/p-1. The summed E-state index contributed by atoms with van der Waals surface area (Å²) in [5.74, 6) is 0. The minimum atomic E-state index is 0. The van der Waals surface area contributed by atoms with E-state index in [0.717, 1.165) is 6.54 Å². The third-order valence-corrected chi connectivity index (χ3v) is 3.85. The largest absolute Gasteiger partial charge is 1.00 e. The number of hydrogen-bond donors (Lipinski definition) is 0. The molecule has 1 aromatic heterocycles. The van der Waals surface area contributed by atoms with E-state index in [9.17, 15) is 0 Å². The maximum atomic E-state index is 2.42. The zero-order valence-electron chi connectivity index (χ0n) is 8.53. The second kappa shape index (κ2) is 4.06. The molecule has 3 heteroatoms. The fraction of sp³-hybridized carbons (Fsp3) is 0.250. The summed E-state index contributed by atoms with van der Waals surface area (Å²) in [6.07, 6.45) is 3.51. The van der Waals surface area contributed by atoms with Gasteiger partial charge in [-0.15, -0.1) is 0 Å². The Balaban J connectivity index is 0.000000853. The molecule has 0 fully saturated rings. The molecule has 0 bridgehead atoms. The van der Waals surface area contributed by atoms with Crippen LogP contribution < -0.4 is 21.5 Å². The van der Waals surface area contributed by atoms with Crippen molar-refractivity contribution in [2.75, 3.05) is 0 Å². The van der Waals surface area contributed by atoms with Gasteiger partial charge in [-0.05, 0) is 13.0 Å². The van der Waals surface area contributed by atoms with E-state index in [0.29, 0.717) is 0 Å². The van der Waals surface area contributed by atoms with E-state index in [1.165, 1.54) is 27.2 Å². The van der Waals surface area contributed by atoms with Crippen LogP contribution >= 0.6 is 11.3 Å². The molecule has 0 amide bonds. The van der Waals surface area contributed by atoms with Gasteiger partial charge < -0.3 is 17.0 Å². The van der Waals surface area contributed by atoms with Crippen molar-refractivity contribution in [2.24, 2.45) is 0 Å². The molecule has 0 radical (unpaired) electrons. The summed E-state index contributed by atoms with van der Waals surface area (Å²) in [5, 5.41) is 1.40.